The second-order valence-corrected chi connectivity index (χ2v) is 7.46. The van der Waals surface area contributed by atoms with Crippen LogP contribution in [0.4, 0.5) is 0 Å². The summed E-state index contributed by atoms with van der Waals surface area (Å²) in [6.07, 6.45) is -7.99. The molecule has 0 aliphatic carbocycles. The Morgan fingerprint density at radius 1 is 0.818 bits per heavy atom. The van der Waals surface area contributed by atoms with Crippen molar-refractivity contribution in [1.29, 1.82) is 0 Å². The molecule has 3 aromatic rings. The lowest BCUT2D eigenvalue weighted by Crippen LogP contribution is -2.60. The molecule has 176 valence electrons. The first-order valence-corrected chi connectivity index (χ1v) is 9.66. The van der Waals surface area contributed by atoms with Gasteiger partial charge in [-0.1, -0.05) is 0 Å². The number of ether oxygens (including phenoxy) is 2. The third-order valence-corrected chi connectivity index (χ3v) is 5.30. The summed E-state index contributed by atoms with van der Waals surface area (Å²) in [5, 5.41) is 88.9. The third kappa shape index (κ3) is 3.90. The van der Waals surface area contributed by atoms with E-state index in [2.05, 4.69) is 0 Å². The van der Waals surface area contributed by atoms with Crippen molar-refractivity contribution in [2.24, 2.45) is 0 Å². The monoisotopic (exact) mass is 465 g/mol. The van der Waals surface area contributed by atoms with Crippen molar-refractivity contribution in [1.82, 2.24) is 0 Å². The molecule has 0 saturated carbocycles. The van der Waals surface area contributed by atoms with Gasteiger partial charge in [-0.2, -0.15) is 0 Å². The highest BCUT2D eigenvalue weighted by Gasteiger charge is 2.45. The van der Waals surface area contributed by atoms with E-state index in [-0.39, 0.29) is 28.0 Å². The zero-order chi connectivity index (χ0) is 24.0. The highest BCUT2D eigenvalue weighted by atomic mass is 16.7. The number of rotatable bonds is 4. The first-order valence-electron chi connectivity index (χ1n) is 9.66. The van der Waals surface area contributed by atoms with Gasteiger partial charge in [-0.15, -0.1) is 0 Å². The Kier molecular flexibility index (Phi) is 5.78. The summed E-state index contributed by atoms with van der Waals surface area (Å²) in [7, 11) is 0. The van der Waals surface area contributed by atoms with E-state index in [1.165, 1.54) is 12.1 Å². The maximum Gasteiger partial charge on any atom is 0.402 e. The second-order valence-electron chi connectivity index (χ2n) is 7.46. The molecule has 2 heterocycles. The first kappa shape index (κ1) is 22.6. The van der Waals surface area contributed by atoms with Gasteiger partial charge in [-0.3, -0.25) is 0 Å². The van der Waals surface area contributed by atoms with Crippen LogP contribution in [0.25, 0.3) is 22.3 Å². The molecule has 5 atom stereocenters. The van der Waals surface area contributed by atoms with Crippen LogP contribution in [-0.4, -0.2) is 83.3 Å². The van der Waals surface area contributed by atoms with E-state index in [0.29, 0.717) is 0 Å². The molecule has 1 aliphatic rings. The van der Waals surface area contributed by atoms with Gasteiger partial charge < -0.3 is 55.4 Å². The normalized spacial score (nSPS) is 25.3. The van der Waals surface area contributed by atoms with Crippen molar-refractivity contribution in [3.8, 4) is 45.8 Å². The van der Waals surface area contributed by atoms with Crippen LogP contribution in [-0.2, 0) is 4.74 Å². The SMILES string of the molecule is OC[C@H]1O[C@@H](Oc2cc3c(O)c(O)c(O)cc3[o+]c2-c2ccc(O)c(O)c2)[C@H](O)[C@@H](O)[C@@H]1O. The molecule has 0 bridgehead atoms. The highest BCUT2D eigenvalue weighted by molar-refractivity contribution is 5.91. The Morgan fingerprint density at radius 3 is 2.21 bits per heavy atom. The summed E-state index contributed by atoms with van der Waals surface area (Å²) in [6, 6.07) is 5.83. The maximum absolute atomic E-state index is 10.3. The predicted octanol–water partition coefficient (Wildman–Crippen LogP) is 0.0876. The zero-order valence-electron chi connectivity index (χ0n) is 16.7. The largest absolute Gasteiger partial charge is 0.504 e. The third-order valence-electron chi connectivity index (χ3n) is 5.30. The Balaban J connectivity index is 1.87. The van der Waals surface area contributed by atoms with Crippen LogP contribution in [0.15, 0.2) is 34.7 Å². The van der Waals surface area contributed by atoms with Crippen molar-refractivity contribution in [2.75, 3.05) is 6.61 Å². The first-order chi connectivity index (χ1) is 15.6. The lowest BCUT2D eigenvalue weighted by molar-refractivity contribution is -0.277. The van der Waals surface area contributed by atoms with E-state index in [0.717, 1.165) is 18.2 Å². The molecule has 0 unspecified atom stereocenters. The topological polar surface area (TPSA) is 212 Å². The fourth-order valence-electron chi connectivity index (χ4n) is 3.46. The number of aliphatic hydroxyl groups excluding tert-OH is 4. The van der Waals surface area contributed by atoms with Gasteiger partial charge in [0, 0.05) is 12.1 Å². The van der Waals surface area contributed by atoms with E-state index < -0.39 is 66.1 Å². The van der Waals surface area contributed by atoms with Gasteiger partial charge in [0.05, 0.1) is 18.2 Å². The average molecular weight is 465 g/mol. The summed E-state index contributed by atoms with van der Waals surface area (Å²) < 4.78 is 16.7. The number of benzene rings is 2. The van der Waals surface area contributed by atoms with Crippen molar-refractivity contribution in [3.63, 3.8) is 0 Å². The van der Waals surface area contributed by atoms with Gasteiger partial charge in [-0.05, 0) is 12.1 Å². The minimum atomic E-state index is -1.76. The van der Waals surface area contributed by atoms with Crippen LogP contribution < -0.4 is 4.74 Å². The predicted molar refractivity (Wildman–Crippen MR) is 109 cm³/mol. The summed E-state index contributed by atoms with van der Waals surface area (Å²) in [6.45, 7) is -0.695. The molecule has 4 rings (SSSR count). The molecule has 0 radical (unpaired) electrons. The standard InChI is InChI=1S/C21H20O12/c22-6-14-17(28)18(29)19(30)21(33-14)32-13-4-8-12(5-11(25)16(27)15(8)26)31-20(13)7-1-2-9(23)10(24)3-7/h1-5,14,17-19,21-22,28-30H,6H2,(H4-,23,24,25,26,27)/p+1/t14-,17-,18+,19-,21-/m1/s1. The van der Waals surface area contributed by atoms with Gasteiger partial charge in [0.2, 0.25) is 17.8 Å². The van der Waals surface area contributed by atoms with E-state index >= 15 is 0 Å². The van der Waals surface area contributed by atoms with Crippen molar-refractivity contribution >= 4 is 11.0 Å². The smallest absolute Gasteiger partial charge is 0.402 e. The molecule has 1 aliphatic heterocycles. The lowest BCUT2D eigenvalue weighted by Gasteiger charge is -2.39. The van der Waals surface area contributed by atoms with E-state index in [1.807, 2.05) is 0 Å². The van der Waals surface area contributed by atoms with Crippen LogP contribution >= 0.6 is 0 Å². The van der Waals surface area contributed by atoms with Crippen LogP contribution in [0, 0.1) is 0 Å². The van der Waals surface area contributed by atoms with Gasteiger partial charge in [-0.25, -0.2) is 4.42 Å². The minimum absolute atomic E-state index is 0.105. The highest BCUT2D eigenvalue weighted by Crippen LogP contribution is 2.46. The van der Waals surface area contributed by atoms with Crippen LogP contribution in [0.3, 0.4) is 0 Å². The molecule has 0 spiro atoms. The quantitative estimate of drug-likeness (QED) is 0.185. The number of hydrogen-bond donors (Lipinski definition) is 9. The van der Waals surface area contributed by atoms with Crippen molar-refractivity contribution < 1.29 is 59.8 Å². The van der Waals surface area contributed by atoms with Crippen molar-refractivity contribution in [2.45, 2.75) is 30.7 Å². The van der Waals surface area contributed by atoms with Crippen LogP contribution in [0.1, 0.15) is 0 Å². The molecule has 1 fully saturated rings. The summed E-state index contributed by atoms with van der Waals surface area (Å²) in [5.41, 5.74) is 0.0466. The molecule has 1 saturated heterocycles. The molecule has 12 heteroatoms. The Bertz CT molecular complexity index is 1190. The maximum atomic E-state index is 10.3. The Hall–Kier alpha value is -3.55. The molecule has 12 nitrogen and oxygen atoms in total. The van der Waals surface area contributed by atoms with Crippen LogP contribution in [0.5, 0.6) is 34.5 Å². The average Bonchev–Trinajstić information content (AvgIpc) is 2.79. The molecule has 9 N–H and O–H groups in total. The number of aromatic hydroxyl groups is 5. The molecule has 2 aromatic carbocycles. The second kappa shape index (κ2) is 8.42. The zero-order valence-corrected chi connectivity index (χ0v) is 16.7. The Labute approximate surface area is 185 Å². The van der Waals surface area contributed by atoms with Gasteiger partial charge in [0.15, 0.2) is 23.0 Å². The summed E-state index contributed by atoms with van der Waals surface area (Å²) in [5.74, 6) is -3.52. The van der Waals surface area contributed by atoms with E-state index in [9.17, 15) is 46.0 Å². The van der Waals surface area contributed by atoms with Crippen molar-refractivity contribution in [3.05, 3.63) is 30.3 Å². The van der Waals surface area contributed by atoms with Gasteiger partial charge in [0.25, 0.3) is 0 Å². The number of hydrogen-bond acceptors (Lipinski definition) is 11. The number of phenols is 5. The van der Waals surface area contributed by atoms with E-state index in [4.69, 9.17) is 13.9 Å². The Morgan fingerprint density at radius 2 is 1.55 bits per heavy atom. The number of fused-ring (bicyclic) bond motifs is 1. The minimum Gasteiger partial charge on any atom is -0.504 e. The molecular weight excluding hydrogens is 444 g/mol. The molecule has 0 amide bonds. The lowest BCUT2D eigenvalue weighted by atomic mass is 9.99. The fourth-order valence-corrected chi connectivity index (χ4v) is 3.46. The molecule has 33 heavy (non-hydrogen) atoms. The van der Waals surface area contributed by atoms with Gasteiger partial charge in [0.1, 0.15) is 29.8 Å². The van der Waals surface area contributed by atoms with Crippen LogP contribution in [0.2, 0.25) is 0 Å². The molecule has 1 aromatic heterocycles. The summed E-state index contributed by atoms with van der Waals surface area (Å²) >= 11 is 0. The van der Waals surface area contributed by atoms with E-state index in [1.54, 1.807) is 0 Å². The number of aliphatic hydroxyl groups is 4. The number of phenolic OH excluding ortho intramolecular Hbond substituents is 5. The summed E-state index contributed by atoms with van der Waals surface area (Å²) in [4.78, 5) is 0. The van der Waals surface area contributed by atoms with Gasteiger partial charge >= 0.3 is 11.3 Å². The fraction of sp³-hybridized carbons (Fsp3) is 0.286. The molecular formula is C21H21O12+.